The van der Waals surface area contributed by atoms with Crippen molar-refractivity contribution in [1.82, 2.24) is 5.32 Å². The fraction of sp³-hybridized carbons (Fsp3) is 0.593. The molecule has 0 amide bonds. The summed E-state index contributed by atoms with van der Waals surface area (Å²) in [5.41, 5.74) is -0.229. The van der Waals surface area contributed by atoms with Gasteiger partial charge in [-0.2, -0.15) is 26.3 Å². The average molecular weight is 532 g/mol. The molecule has 2 aliphatic carbocycles. The van der Waals surface area contributed by atoms with E-state index in [1.807, 2.05) is 0 Å². The van der Waals surface area contributed by atoms with Crippen LogP contribution in [0.3, 0.4) is 0 Å². The Hall–Kier alpha value is -2.49. The Morgan fingerprint density at radius 2 is 1.57 bits per heavy atom. The van der Waals surface area contributed by atoms with E-state index in [9.17, 15) is 31.1 Å². The molecular formula is C27H31F6NO3. The lowest BCUT2D eigenvalue weighted by Gasteiger charge is -2.31. The van der Waals surface area contributed by atoms with Gasteiger partial charge < -0.3 is 15.2 Å². The van der Waals surface area contributed by atoms with Crippen molar-refractivity contribution >= 4 is 16.7 Å². The monoisotopic (exact) mass is 531 g/mol. The van der Waals surface area contributed by atoms with Crippen molar-refractivity contribution in [3.05, 3.63) is 41.5 Å². The summed E-state index contributed by atoms with van der Waals surface area (Å²) >= 11 is 0. The number of benzene rings is 2. The molecule has 4 rings (SSSR count). The van der Waals surface area contributed by atoms with Crippen LogP contribution in [-0.2, 0) is 17.5 Å². The molecule has 2 N–H and O–H groups in total. The molecule has 204 valence electrons. The number of carbonyl (C=O) groups is 1. The normalized spacial score (nSPS) is 25.2. The Morgan fingerprint density at radius 3 is 2.16 bits per heavy atom. The predicted molar refractivity (Wildman–Crippen MR) is 126 cm³/mol. The predicted octanol–water partition coefficient (Wildman–Crippen LogP) is 7.48. The van der Waals surface area contributed by atoms with E-state index < -0.39 is 35.9 Å². The summed E-state index contributed by atoms with van der Waals surface area (Å²) in [6.07, 6.45) is -6.52. The van der Waals surface area contributed by atoms with Gasteiger partial charge in [0, 0.05) is 19.0 Å². The highest BCUT2D eigenvalue weighted by atomic mass is 19.4. The van der Waals surface area contributed by atoms with Crippen LogP contribution in [0.2, 0.25) is 0 Å². The highest BCUT2D eigenvalue weighted by molar-refractivity contribution is 5.89. The SMILES string of the molecule is O=C(O)CC1CCC(NCc2ccc3ccc(OC4CCC(C(F)(F)F)CC4)c(C(F)(F)F)c3c2)CC1. The van der Waals surface area contributed by atoms with Crippen LogP contribution in [0.4, 0.5) is 26.3 Å². The van der Waals surface area contributed by atoms with E-state index in [-0.39, 0.29) is 55.2 Å². The molecule has 4 nitrogen and oxygen atoms in total. The zero-order valence-corrected chi connectivity index (χ0v) is 20.3. The van der Waals surface area contributed by atoms with Crippen LogP contribution in [0.25, 0.3) is 10.8 Å². The summed E-state index contributed by atoms with van der Waals surface area (Å²) in [5, 5.41) is 12.7. The van der Waals surface area contributed by atoms with E-state index in [1.54, 1.807) is 18.2 Å². The van der Waals surface area contributed by atoms with Crippen molar-refractivity contribution in [3.8, 4) is 5.75 Å². The topological polar surface area (TPSA) is 58.6 Å². The first-order valence-electron chi connectivity index (χ1n) is 12.7. The molecule has 0 atom stereocenters. The number of alkyl halides is 6. The van der Waals surface area contributed by atoms with Crippen LogP contribution < -0.4 is 10.1 Å². The summed E-state index contributed by atoms with van der Waals surface area (Å²) < 4.78 is 87.1. The number of halogens is 6. The van der Waals surface area contributed by atoms with Crippen molar-refractivity contribution in [1.29, 1.82) is 0 Å². The molecule has 2 aromatic carbocycles. The number of carboxylic acid groups (broad SMARTS) is 1. The van der Waals surface area contributed by atoms with Gasteiger partial charge in [-0.15, -0.1) is 0 Å². The van der Waals surface area contributed by atoms with Crippen molar-refractivity contribution in [2.45, 2.75) is 88.8 Å². The minimum Gasteiger partial charge on any atom is -0.490 e. The number of hydrogen-bond acceptors (Lipinski definition) is 3. The Bertz CT molecular complexity index is 1080. The van der Waals surface area contributed by atoms with Gasteiger partial charge in [0.05, 0.1) is 12.0 Å². The van der Waals surface area contributed by atoms with Crippen LogP contribution in [0.1, 0.15) is 68.9 Å². The third-order valence-electron chi connectivity index (χ3n) is 7.67. The molecule has 0 aromatic heterocycles. The molecule has 0 heterocycles. The molecule has 10 heteroatoms. The van der Waals surface area contributed by atoms with Crippen LogP contribution in [0.15, 0.2) is 30.3 Å². The number of fused-ring (bicyclic) bond motifs is 1. The molecule has 2 aromatic rings. The van der Waals surface area contributed by atoms with Crippen molar-refractivity contribution in [2.75, 3.05) is 0 Å². The zero-order chi connectivity index (χ0) is 26.8. The molecule has 0 saturated heterocycles. The minimum absolute atomic E-state index is 0.00144. The third-order valence-corrected chi connectivity index (χ3v) is 7.67. The second-order valence-electron chi connectivity index (χ2n) is 10.3. The van der Waals surface area contributed by atoms with Gasteiger partial charge in [-0.1, -0.05) is 18.2 Å². The summed E-state index contributed by atoms with van der Waals surface area (Å²) in [6, 6.07) is 7.86. The highest BCUT2D eigenvalue weighted by Gasteiger charge is 2.42. The molecule has 2 fully saturated rings. The van der Waals surface area contributed by atoms with Crippen molar-refractivity contribution in [3.63, 3.8) is 0 Å². The average Bonchev–Trinajstić information content (AvgIpc) is 2.82. The second-order valence-corrected chi connectivity index (χ2v) is 10.3. The number of hydrogen-bond donors (Lipinski definition) is 2. The van der Waals surface area contributed by atoms with Gasteiger partial charge in [0.2, 0.25) is 0 Å². The van der Waals surface area contributed by atoms with Crippen LogP contribution >= 0.6 is 0 Å². The quantitative estimate of drug-likeness (QED) is 0.364. The standard InChI is InChI=1S/C27H31F6NO3/c28-26(29,30)19-6-10-21(11-7-19)37-23-12-5-18-4-1-17(13-22(18)25(23)27(31,32)33)15-34-20-8-2-16(3-9-20)14-24(35)36/h1,4-5,12-13,16,19-21,34H,2-3,6-11,14-15H2,(H,35,36). The van der Waals surface area contributed by atoms with Gasteiger partial charge in [-0.05, 0) is 85.8 Å². The molecular weight excluding hydrogens is 500 g/mol. The first-order chi connectivity index (χ1) is 17.4. The largest absolute Gasteiger partial charge is 0.490 e. The highest BCUT2D eigenvalue weighted by Crippen LogP contribution is 2.44. The molecule has 0 aliphatic heterocycles. The second kappa shape index (κ2) is 11.1. The number of rotatable bonds is 7. The molecule has 0 radical (unpaired) electrons. The van der Waals surface area contributed by atoms with E-state index in [2.05, 4.69) is 5.32 Å². The van der Waals surface area contributed by atoms with Crippen LogP contribution in [0, 0.1) is 11.8 Å². The van der Waals surface area contributed by atoms with Gasteiger partial charge in [0.1, 0.15) is 11.3 Å². The van der Waals surface area contributed by atoms with E-state index in [1.165, 1.54) is 12.1 Å². The maximum absolute atomic E-state index is 14.2. The Morgan fingerprint density at radius 1 is 0.919 bits per heavy atom. The summed E-state index contributed by atoms with van der Waals surface area (Å²) in [6.45, 7) is 0.369. The zero-order valence-electron chi connectivity index (χ0n) is 20.3. The van der Waals surface area contributed by atoms with E-state index in [4.69, 9.17) is 9.84 Å². The smallest absolute Gasteiger partial charge is 0.420 e. The maximum Gasteiger partial charge on any atom is 0.420 e. The van der Waals surface area contributed by atoms with Crippen LogP contribution in [0.5, 0.6) is 5.75 Å². The first kappa shape index (κ1) is 27.5. The fourth-order valence-electron chi connectivity index (χ4n) is 5.61. The summed E-state index contributed by atoms with van der Waals surface area (Å²) in [4.78, 5) is 10.9. The Kier molecular flexibility index (Phi) is 8.26. The van der Waals surface area contributed by atoms with Gasteiger partial charge >= 0.3 is 18.3 Å². The van der Waals surface area contributed by atoms with E-state index in [0.717, 1.165) is 25.7 Å². The lowest BCUT2D eigenvalue weighted by atomic mass is 9.84. The van der Waals surface area contributed by atoms with Gasteiger partial charge in [0.25, 0.3) is 0 Å². The Balaban J connectivity index is 1.47. The Labute approximate surface area is 211 Å². The molecule has 37 heavy (non-hydrogen) atoms. The summed E-state index contributed by atoms with van der Waals surface area (Å²) in [7, 11) is 0. The fourth-order valence-corrected chi connectivity index (χ4v) is 5.61. The number of aliphatic carboxylic acids is 1. The molecule has 2 saturated carbocycles. The van der Waals surface area contributed by atoms with Crippen molar-refractivity contribution in [2.24, 2.45) is 11.8 Å². The lowest BCUT2D eigenvalue weighted by Crippen LogP contribution is -2.33. The molecule has 0 spiro atoms. The van der Waals surface area contributed by atoms with Crippen LogP contribution in [-0.4, -0.2) is 29.4 Å². The van der Waals surface area contributed by atoms with E-state index >= 15 is 0 Å². The number of nitrogens with one attached hydrogen (secondary N) is 1. The summed E-state index contributed by atoms with van der Waals surface area (Å²) in [5.74, 6) is -2.43. The van der Waals surface area contributed by atoms with Gasteiger partial charge in [0.15, 0.2) is 0 Å². The van der Waals surface area contributed by atoms with Gasteiger partial charge in [-0.3, -0.25) is 4.79 Å². The minimum atomic E-state index is -4.70. The maximum atomic E-state index is 14.2. The lowest BCUT2D eigenvalue weighted by molar-refractivity contribution is -0.185. The third kappa shape index (κ3) is 7.09. The molecule has 0 unspecified atom stereocenters. The van der Waals surface area contributed by atoms with E-state index in [0.29, 0.717) is 17.5 Å². The van der Waals surface area contributed by atoms with Gasteiger partial charge in [-0.25, -0.2) is 0 Å². The van der Waals surface area contributed by atoms with Crippen molar-refractivity contribution < 1.29 is 41.0 Å². The first-order valence-corrected chi connectivity index (χ1v) is 12.7. The number of ether oxygens (including phenoxy) is 1. The number of carboxylic acids is 1. The molecule has 2 aliphatic rings. The molecule has 0 bridgehead atoms.